The van der Waals surface area contributed by atoms with Crippen molar-refractivity contribution in [1.82, 2.24) is 14.6 Å². The van der Waals surface area contributed by atoms with E-state index in [0.29, 0.717) is 22.6 Å². The first kappa shape index (κ1) is 13.0. The van der Waals surface area contributed by atoms with Gasteiger partial charge < -0.3 is 9.84 Å². The highest BCUT2D eigenvalue weighted by molar-refractivity contribution is 5.92. The standard InChI is InChI=1S/C12H13N3O4/c1-4-19-12(18)10-6(2)13-9-5-8(11(16)17)14-15(9)7(10)3/h5H,4H2,1-3H3,(H,16,17). The maximum atomic E-state index is 11.9. The van der Waals surface area contributed by atoms with E-state index < -0.39 is 11.9 Å². The Bertz CT molecular complexity index is 675. The van der Waals surface area contributed by atoms with Crippen LogP contribution < -0.4 is 0 Å². The lowest BCUT2D eigenvalue weighted by Crippen LogP contribution is -2.14. The Labute approximate surface area is 108 Å². The zero-order valence-electron chi connectivity index (χ0n) is 10.8. The number of nitrogens with zero attached hydrogens (tertiary/aromatic N) is 3. The van der Waals surface area contributed by atoms with Gasteiger partial charge in [-0.15, -0.1) is 0 Å². The number of esters is 1. The molecule has 7 heteroatoms. The summed E-state index contributed by atoms with van der Waals surface area (Å²) in [5, 5.41) is 12.8. The molecule has 2 aromatic rings. The second-order valence-electron chi connectivity index (χ2n) is 3.98. The number of rotatable bonds is 3. The fourth-order valence-electron chi connectivity index (χ4n) is 1.90. The highest BCUT2D eigenvalue weighted by atomic mass is 16.5. The van der Waals surface area contributed by atoms with Gasteiger partial charge in [0.15, 0.2) is 11.3 Å². The minimum absolute atomic E-state index is 0.115. The van der Waals surface area contributed by atoms with Crippen molar-refractivity contribution in [2.24, 2.45) is 0 Å². The molecule has 0 atom stereocenters. The van der Waals surface area contributed by atoms with Crippen molar-refractivity contribution in [3.63, 3.8) is 0 Å². The van der Waals surface area contributed by atoms with Crippen LogP contribution in [0.1, 0.15) is 39.2 Å². The minimum Gasteiger partial charge on any atom is -0.476 e. The molecule has 0 saturated carbocycles. The summed E-state index contributed by atoms with van der Waals surface area (Å²) in [5.41, 5.74) is 1.58. The molecule has 0 amide bonds. The summed E-state index contributed by atoms with van der Waals surface area (Å²) in [7, 11) is 0. The summed E-state index contributed by atoms with van der Waals surface area (Å²) in [5.74, 6) is -1.63. The lowest BCUT2D eigenvalue weighted by molar-refractivity contribution is 0.0522. The van der Waals surface area contributed by atoms with Crippen molar-refractivity contribution in [1.29, 1.82) is 0 Å². The average molecular weight is 263 g/mol. The van der Waals surface area contributed by atoms with Crippen LogP contribution in [0.5, 0.6) is 0 Å². The van der Waals surface area contributed by atoms with E-state index in [4.69, 9.17) is 9.84 Å². The van der Waals surface area contributed by atoms with E-state index >= 15 is 0 Å². The van der Waals surface area contributed by atoms with Crippen LogP contribution in [0.15, 0.2) is 6.07 Å². The summed E-state index contributed by atoms with van der Waals surface area (Å²) in [6, 6.07) is 1.36. The number of ether oxygens (including phenoxy) is 1. The van der Waals surface area contributed by atoms with Crippen molar-refractivity contribution in [2.75, 3.05) is 6.61 Å². The first-order valence-corrected chi connectivity index (χ1v) is 5.73. The van der Waals surface area contributed by atoms with E-state index in [9.17, 15) is 9.59 Å². The molecular formula is C12H13N3O4. The second-order valence-corrected chi connectivity index (χ2v) is 3.98. The van der Waals surface area contributed by atoms with Crippen molar-refractivity contribution in [3.8, 4) is 0 Å². The van der Waals surface area contributed by atoms with Crippen molar-refractivity contribution in [3.05, 3.63) is 28.7 Å². The molecular weight excluding hydrogens is 250 g/mol. The van der Waals surface area contributed by atoms with Gasteiger partial charge in [0.25, 0.3) is 0 Å². The molecule has 0 aliphatic rings. The molecule has 0 radical (unpaired) electrons. The molecule has 0 spiro atoms. The molecule has 1 N–H and O–H groups in total. The number of carbonyl (C=O) groups excluding carboxylic acids is 1. The number of aromatic nitrogens is 3. The summed E-state index contributed by atoms with van der Waals surface area (Å²) in [4.78, 5) is 26.9. The number of aromatic carboxylic acids is 1. The molecule has 0 aliphatic carbocycles. The van der Waals surface area contributed by atoms with Gasteiger partial charge >= 0.3 is 11.9 Å². The summed E-state index contributed by atoms with van der Waals surface area (Å²) < 4.78 is 6.29. The molecule has 7 nitrogen and oxygen atoms in total. The topological polar surface area (TPSA) is 93.8 Å². The van der Waals surface area contributed by atoms with Gasteiger partial charge in [-0.1, -0.05) is 0 Å². The van der Waals surface area contributed by atoms with Crippen LogP contribution in [-0.4, -0.2) is 38.3 Å². The van der Waals surface area contributed by atoms with Crippen molar-refractivity contribution < 1.29 is 19.4 Å². The number of hydrogen-bond acceptors (Lipinski definition) is 5. The minimum atomic E-state index is -1.14. The maximum absolute atomic E-state index is 11.9. The third-order valence-corrected chi connectivity index (χ3v) is 2.71. The van der Waals surface area contributed by atoms with Gasteiger partial charge in [-0.3, -0.25) is 0 Å². The quantitative estimate of drug-likeness (QED) is 0.837. The summed E-state index contributed by atoms with van der Waals surface area (Å²) >= 11 is 0. The lowest BCUT2D eigenvalue weighted by atomic mass is 10.2. The number of fused-ring (bicyclic) bond motifs is 1. The predicted octanol–water partition coefficient (Wildman–Crippen LogP) is 1.22. The normalized spacial score (nSPS) is 10.7. The van der Waals surface area contributed by atoms with Gasteiger partial charge in [0.05, 0.1) is 18.0 Å². The molecule has 0 bridgehead atoms. The maximum Gasteiger partial charge on any atom is 0.356 e. The van der Waals surface area contributed by atoms with Gasteiger partial charge in [0, 0.05) is 6.07 Å². The Morgan fingerprint density at radius 1 is 1.42 bits per heavy atom. The Morgan fingerprint density at radius 3 is 2.68 bits per heavy atom. The average Bonchev–Trinajstić information content (AvgIpc) is 2.73. The number of carbonyl (C=O) groups is 2. The zero-order chi connectivity index (χ0) is 14.2. The monoisotopic (exact) mass is 263 g/mol. The van der Waals surface area contributed by atoms with Gasteiger partial charge in [-0.25, -0.2) is 19.1 Å². The van der Waals surface area contributed by atoms with Crippen LogP contribution in [0.2, 0.25) is 0 Å². The molecule has 0 unspecified atom stereocenters. The first-order valence-electron chi connectivity index (χ1n) is 5.73. The van der Waals surface area contributed by atoms with Crippen LogP contribution in [0.3, 0.4) is 0 Å². The van der Waals surface area contributed by atoms with Crippen LogP contribution in [0.25, 0.3) is 5.65 Å². The van der Waals surface area contributed by atoms with Crippen LogP contribution in [0.4, 0.5) is 0 Å². The smallest absolute Gasteiger partial charge is 0.356 e. The SMILES string of the molecule is CCOC(=O)c1c(C)nc2cc(C(=O)O)nn2c1C. The first-order chi connectivity index (χ1) is 8.95. The van der Waals surface area contributed by atoms with Gasteiger partial charge in [0.2, 0.25) is 0 Å². The second kappa shape index (κ2) is 4.68. The molecule has 2 heterocycles. The largest absolute Gasteiger partial charge is 0.476 e. The highest BCUT2D eigenvalue weighted by Gasteiger charge is 2.20. The lowest BCUT2D eigenvalue weighted by Gasteiger charge is -2.09. The molecule has 0 fully saturated rings. The highest BCUT2D eigenvalue weighted by Crippen LogP contribution is 2.16. The Kier molecular flexibility index (Phi) is 3.20. The Balaban J connectivity index is 2.67. The molecule has 100 valence electrons. The van der Waals surface area contributed by atoms with Gasteiger partial charge in [-0.05, 0) is 20.8 Å². The van der Waals surface area contributed by atoms with E-state index in [-0.39, 0.29) is 12.3 Å². The number of carboxylic acids is 1. The number of carboxylic acid groups (broad SMARTS) is 1. The van der Waals surface area contributed by atoms with E-state index in [1.807, 2.05) is 0 Å². The number of aryl methyl sites for hydroxylation is 2. The molecule has 19 heavy (non-hydrogen) atoms. The molecule has 0 saturated heterocycles. The van der Waals surface area contributed by atoms with E-state index in [1.54, 1.807) is 20.8 Å². The number of hydrogen-bond donors (Lipinski definition) is 1. The molecule has 2 rings (SSSR count). The Morgan fingerprint density at radius 2 is 2.11 bits per heavy atom. The van der Waals surface area contributed by atoms with E-state index in [0.717, 1.165) is 0 Å². The van der Waals surface area contributed by atoms with Crippen LogP contribution in [-0.2, 0) is 4.74 Å². The van der Waals surface area contributed by atoms with Crippen molar-refractivity contribution >= 4 is 17.6 Å². The molecule has 2 aromatic heterocycles. The van der Waals surface area contributed by atoms with E-state index in [2.05, 4.69) is 10.1 Å². The fraction of sp³-hybridized carbons (Fsp3) is 0.333. The zero-order valence-corrected chi connectivity index (χ0v) is 10.8. The molecule has 0 aromatic carbocycles. The van der Waals surface area contributed by atoms with Gasteiger partial charge in [-0.2, -0.15) is 5.10 Å². The van der Waals surface area contributed by atoms with Crippen LogP contribution >= 0.6 is 0 Å². The fourth-order valence-corrected chi connectivity index (χ4v) is 1.90. The van der Waals surface area contributed by atoms with Gasteiger partial charge in [0.1, 0.15) is 5.56 Å². The van der Waals surface area contributed by atoms with Crippen LogP contribution in [0, 0.1) is 13.8 Å². The van der Waals surface area contributed by atoms with Crippen molar-refractivity contribution in [2.45, 2.75) is 20.8 Å². The van der Waals surface area contributed by atoms with E-state index in [1.165, 1.54) is 10.6 Å². The summed E-state index contributed by atoms with van der Waals surface area (Å²) in [6.07, 6.45) is 0. The molecule has 0 aliphatic heterocycles. The third-order valence-electron chi connectivity index (χ3n) is 2.71. The predicted molar refractivity (Wildman–Crippen MR) is 65.4 cm³/mol. The summed E-state index contributed by atoms with van der Waals surface area (Å²) in [6.45, 7) is 5.32. The Hall–Kier alpha value is -2.44. The third kappa shape index (κ3) is 2.14.